The van der Waals surface area contributed by atoms with E-state index < -0.39 is 97.3 Å². The Morgan fingerprint density at radius 2 is 0.921 bits per heavy atom. The zero-order chi connectivity index (χ0) is 65.7. The van der Waals surface area contributed by atoms with Crippen molar-refractivity contribution in [2.24, 2.45) is 11.8 Å². The number of rotatable bonds is 62. The van der Waals surface area contributed by atoms with E-state index in [2.05, 4.69) is 36.6 Å². The molecule has 0 aromatic carbocycles. The van der Waals surface area contributed by atoms with E-state index in [-0.39, 0.29) is 134 Å². The van der Waals surface area contributed by atoms with E-state index in [1.165, 1.54) is 57.7 Å². The largest absolute Gasteiger partial charge is 0.481 e. The average molecular weight is 1270 g/mol. The van der Waals surface area contributed by atoms with Crippen LogP contribution in [0.25, 0.3) is 0 Å². The summed E-state index contributed by atoms with van der Waals surface area (Å²) in [5.74, 6) is -8.78. The number of H-pyrrole nitrogens is 1. The van der Waals surface area contributed by atoms with E-state index in [9.17, 15) is 78.0 Å². The van der Waals surface area contributed by atoms with Crippen LogP contribution in [0.15, 0.2) is 12.5 Å². The van der Waals surface area contributed by atoms with Gasteiger partial charge in [-0.15, -0.1) is 0 Å². The summed E-state index contributed by atoms with van der Waals surface area (Å²) in [5.41, 5.74) is 0.829. The summed E-state index contributed by atoms with van der Waals surface area (Å²) in [6.07, 6.45) is 20.6. The maximum Gasteiger partial charge on any atom is 0.326 e. The second kappa shape index (κ2) is 53.3. The first-order chi connectivity index (χ1) is 42.8. The second-order valence-corrected chi connectivity index (χ2v) is 22.3. The fourth-order valence-corrected chi connectivity index (χ4v) is 9.37. The number of amides is 5. The number of aromatic amines is 1. The van der Waals surface area contributed by atoms with Gasteiger partial charge in [-0.2, -0.15) is 0 Å². The van der Waals surface area contributed by atoms with Crippen molar-refractivity contribution in [2.45, 2.75) is 212 Å². The Morgan fingerprint density at radius 1 is 0.449 bits per heavy atom. The Bertz CT molecular complexity index is 2220. The van der Waals surface area contributed by atoms with Crippen LogP contribution in [0, 0.1) is 11.8 Å². The molecule has 506 valence electrons. The molecule has 0 saturated carbocycles. The quantitative estimate of drug-likeness (QED) is 0.0403. The van der Waals surface area contributed by atoms with Crippen LogP contribution < -0.4 is 26.6 Å². The number of carbonyl (C=O) groups excluding carboxylic acids is 9. The number of imidazole rings is 1. The number of aliphatic carboxylic acids is 3. The van der Waals surface area contributed by atoms with Gasteiger partial charge in [0.2, 0.25) is 29.5 Å². The van der Waals surface area contributed by atoms with E-state index in [4.69, 9.17) is 18.9 Å². The number of hydrogen-bond acceptors (Lipinski definition) is 18. The molecule has 4 atom stereocenters. The number of aliphatic hydroxyl groups excluding tert-OH is 1. The number of aromatic nitrogens is 2. The van der Waals surface area contributed by atoms with Gasteiger partial charge in [0.1, 0.15) is 43.5 Å². The van der Waals surface area contributed by atoms with Crippen molar-refractivity contribution in [1.29, 1.82) is 0 Å². The number of aryl methyl sites for hydroxylation is 1. The lowest BCUT2D eigenvalue weighted by Crippen LogP contribution is -2.42. The molecule has 10 N–H and O–H groups in total. The van der Waals surface area contributed by atoms with Crippen molar-refractivity contribution >= 4 is 70.6 Å². The molecule has 1 rings (SSSR count). The van der Waals surface area contributed by atoms with Crippen LogP contribution >= 0.6 is 0 Å². The second-order valence-electron chi connectivity index (χ2n) is 22.3. The molecule has 27 nitrogen and oxygen atoms in total. The average Bonchev–Trinajstić information content (AvgIpc) is 4.09. The van der Waals surface area contributed by atoms with Crippen LogP contribution in [0.4, 0.5) is 0 Å². The van der Waals surface area contributed by atoms with Gasteiger partial charge in [-0.3, -0.25) is 43.2 Å². The fourth-order valence-electron chi connectivity index (χ4n) is 9.37. The van der Waals surface area contributed by atoms with Crippen molar-refractivity contribution in [3.8, 4) is 0 Å². The predicted molar refractivity (Wildman–Crippen MR) is 325 cm³/mol. The molecular formula is C62H103N7O20. The summed E-state index contributed by atoms with van der Waals surface area (Å²) in [4.78, 5) is 152. The van der Waals surface area contributed by atoms with Crippen molar-refractivity contribution < 1.29 is 96.9 Å². The lowest BCUT2D eigenvalue weighted by molar-refractivity contribution is -0.145. The Balaban J connectivity index is 2.09. The molecule has 27 heteroatoms. The number of carboxylic acids is 3. The lowest BCUT2D eigenvalue weighted by atomic mass is 9.91. The van der Waals surface area contributed by atoms with Gasteiger partial charge in [0.25, 0.3) is 0 Å². The third-order valence-corrected chi connectivity index (χ3v) is 14.6. The third-order valence-electron chi connectivity index (χ3n) is 14.6. The minimum absolute atomic E-state index is 0.0122. The Kier molecular flexibility index (Phi) is 48.2. The van der Waals surface area contributed by atoms with Crippen LogP contribution in [0.2, 0.25) is 0 Å². The normalized spacial score (nSPS) is 12.5. The third kappa shape index (κ3) is 47.1. The number of ether oxygens (including phenoxy) is 4. The lowest BCUT2D eigenvalue weighted by Gasteiger charge is -2.16. The molecular weight excluding hydrogens is 1160 g/mol. The van der Waals surface area contributed by atoms with Crippen molar-refractivity contribution in [2.75, 3.05) is 79.1 Å². The van der Waals surface area contributed by atoms with Gasteiger partial charge in [-0.25, -0.2) is 14.6 Å². The van der Waals surface area contributed by atoms with E-state index in [0.29, 0.717) is 51.4 Å². The molecule has 89 heavy (non-hydrogen) atoms. The van der Waals surface area contributed by atoms with Gasteiger partial charge in [-0.05, 0) is 64.7 Å². The van der Waals surface area contributed by atoms with Crippen LogP contribution in [0.1, 0.15) is 199 Å². The molecule has 0 radical (unpaired) electrons. The van der Waals surface area contributed by atoms with E-state index >= 15 is 0 Å². The number of nitrogens with one attached hydrogen (secondary N) is 6. The minimum atomic E-state index is -1.44. The summed E-state index contributed by atoms with van der Waals surface area (Å²) in [6.45, 7) is 1.37. The summed E-state index contributed by atoms with van der Waals surface area (Å²) in [6, 6.07) is -2.62. The van der Waals surface area contributed by atoms with E-state index in [0.717, 1.165) is 37.8 Å². The predicted octanol–water partition coefficient (Wildman–Crippen LogP) is 4.42. The highest BCUT2D eigenvalue weighted by Crippen LogP contribution is 2.19. The summed E-state index contributed by atoms with van der Waals surface area (Å²) >= 11 is 0. The first-order valence-corrected chi connectivity index (χ1v) is 31.8. The SMILES string of the molecule is CC(=O)CCCCCCCCCCCCCCCCC(=O)N[C@@H](CCC(=O)NCCOCCOCC(=O)NCCOCCOCC(=O)C[C@@H](CCC(=O)N[C@@H](CCC(=O)NCCCC[C@H](CCC(=O)CCc1cnc[nH]1)C(=O)CO)C(=O)O)C(=O)O)C(=O)O. The van der Waals surface area contributed by atoms with E-state index in [1.54, 1.807) is 13.1 Å². The number of hydrogen-bond donors (Lipinski definition) is 10. The molecule has 0 unspecified atom stereocenters. The van der Waals surface area contributed by atoms with Crippen LogP contribution in [-0.4, -0.2) is 192 Å². The highest BCUT2D eigenvalue weighted by Gasteiger charge is 2.26. The molecule has 0 fully saturated rings. The van der Waals surface area contributed by atoms with E-state index in [1.807, 2.05) is 0 Å². The van der Waals surface area contributed by atoms with Crippen molar-refractivity contribution in [3.05, 3.63) is 18.2 Å². The topological polar surface area (TPSA) is 412 Å². The molecule has 0 aliphatic heterocycles. The number of nitrogens with zero attached hydrogens (tertiary/aromatic N) is 1. The van der Waals surface area contributed by atoms with Crippen molar-refractivity contribution in [1.82, 2.24) is 36.6 Å². The summed E-state index contributed by atoms with van der Waals surface area (Å²) in [5, 5.41) is 51.0. The maximum absolute atomic E-state index is 12.6. The van der Waals surface area contributed by atoms with Gasteiger partial charge in [0.05, 0.1) is 51.9 Å². The van der Waals surface area contributed by atoms with Crippen LogP contribution in [0.5, 0.6) is 0 Å². The molecule has 0 saturated heterocycles. The molecule has 0 spiro atoms. The van der Waals surface area contributed by atoms with Gasteiger partial charge in [0.15, 0.2) is 11.6 Å². The standard InChI is InChI=1S/C62H103N7O20/c1-46(71)18-14-12-10-8-6-4-2-3-5-7-9-11-13-15-20-57(77)68-52(61(82)83)27-30-56(76)65-32-34-86-37-39-89-44-59(79)66-33-35-87-36-38-88-43-51(73)40-48(60(80)81)22-28-58(78)69-53(62(84)85)26-29-55(75)64-31-17-16-19-47(54(74)42-70)21-24-50(72)25-23-49-41-63-45-67-49/h41,45,47-48,52-53,70H,2-40,42-44H2,1H3,(H,63,67)(H,64,75)(H,65,76)(H,66,79)(H,68,77)(H,69,78)(H,80,81)(H,82,83)(H,84,85)/t47-,48-,52+,53+/m1/s1. The number of carboxylic acid groups (broad SMARTS) is 3. The number of carbonyl (C=O) groups is 12. The summed E-state index contributed by atoms with van der Waals surface area (Å²) in [7, 11) is 0. The Morgan fingerprint density at radius 3 is 1.43 bits per heavy atom. The monoisotopic (exact) mass is 1270 g/mol. The molecule has 5 amide bonds. The Hall–Kier alpha value is -6.55. The highest BCUT2D eigenvalue weighted by molar-refractivity contribution is 5.87. The number of Topliss-reactive ketones (excluding diaryl/α,β-unsaturated/α-hetero) is 4. The smallest absolute Gasteiger partial charge is 0.326 e. The molecule has 1 heterocycles. The molecule has 1 aromatic heterocycles. The Labute approximate surface area is 523 Å². The zero-order valence-corrected chi connectivity index (χ0v) is 52.4. The van der Waals surface area contributed by atoms with Gasteiger partial charge >= 0.3 is 17.9 Å². The van der Waals surface area contributed by atoms with Crippen LogP contribution in [0.3, 0.4) is 0 Å². The first-order valence-electron chi connectivity index (χ1n) is 31.8. The minimum Gasteiger partial charge on any atom is -0.481 e. The first kappa shape index (κ1) is 80.5. The molecule has 0 aliphatic carbocycles. The van der Waals surface area contributed by atoms with Gasteiger partial charge in [0, 0.05) is 88.8 Å². The van der Waals surface area contributed by atoms with Gasteiger partial charge in [-0.1, -0.05) is 83.5 Å². The molecule has 0 bridgehead atoms. The number of aliphatic hydroxyl groups is 1. The van der Waals surface area contributed by atoms with Crippen molar-refractivity contribution in [3.63, 3.8) is 0 Å². The highest BCUT2D eigenvalue weighted by atomic mass is 16.5. The zero-order valence-electron chi connectivity index (χ0n) is 52.4. The molecule has 0 aliphatic rings. The fraction of sp³-hybridized carbons (Fsp3) is 0.758. The number of ketones is 4. The van der Waals surface area contributed by atoms with Crippen LogP contribution in [-0.2, 0) is 82.9 Å². The maximum atomic E-state index is 12.6. The van der Waals surface area contributed by atoms with Gasteiger partial charge < -0.3 is 75.7 Å². The molecule has 1 aromatic rings. The summed E-state index contributed by atoms with van der Waals surface area (Å²) < 4.78 is 21.3. The number of unbranched alkanes of at least 4 members (excludes halogenated alkanes) is 14.